The summed E-state index contributed by atoms with van der Waals surface area (Å²) in [6, 6.07) is 5.17. The predicted molar refractivity (Wildman–Crippen MR) is 57.8 cm³/mol. The molecule has 0 aliphatic heterocycles. The van der Waals surface area contributed by atoms with E-state index in [9.17, 15) is 8.78 Å². The molecule has 0 bridgehead atoms. The number of anilines is 2. The number of nitrogens with two attached hydrogens (primary N) is 1. The Hall–Kier alpha value is -0.840. The minimum absolute atomic E-state index is 0.314. The van der Waals surface area contributed by atoms with Gasteiger partial charge in [-0.25, -0.2) is 8.78 Å². The predicted octanol–water partition coefficient (Wildman–Crippen LogP) is 2.73. The van der Waals surface area contributed by atoms with Gasteiger partial charge in [0, 0.05) is 11.5 Å². The second kappa shape index (κ2) is 4.59. The summed E-state index contributed by atoms with van der Waals surface area (Å²) in [4.78, 5) is 1.44. The maximum atomic E-state index is 12.1. The zero-order valence-corrected chi connectivity index (χ0v) is 9.26. The van der Waals surface area contributed by atoms with Gasteiger partial charge < -0.3 is 10.6 Å². The van der Waals surface area contributed by atoms with Gasteiger partial charge in [0.1, 0.15) is 0 Å². The van der Waals surface area contributed by atoms with E-state index in [1.54, 1.807) is 25.2 Å². The molecule has 1 rings (SSSR count). The van der Waals surface area contributed by atoms with Crippen molar-refractivity contribution < 1.29 is 8.78 Å². The van der Waals surface area contributed by atoms with E-state index in [2.05, 4.69) is 15.9 Å². The highest BCUT2D eigenvalue weighted by atomic mass is 79.9. The van der Waals surface area contributed by atoms with Gasteiger partial charge in [-0.15, -0.1) is 0 Å². The molecule has 2 N–H and O–H groups in total. The van der Waals surface area contributed by atoms with Crippen LogP contribution in [0.25, 0.3) is 0 Å². The van der Waals surface area contributed by atoms with E-state index in [0.717, 1.165) is 4.47 Å². The molecule has 0 radical (unpaired) electrons. The average molecular weight is 265 g/mol. The van der Waals surface area contributed by atoms with E-state index in [0.29, 0.717) is 11.4 Å². The molecule has 0 saturated carbocycles. The minimum Gasteiger partial charge on any atom is -0.397 e. The summed E-state index contributed by atoms with van der Waals surface area (Å²) in [5.41, 5.74) is 6.79. The second-order valence-electron chi connectivity index (χ2n) is 2.97. The Balaban J connectivity index is 2.84. The molecule has 0 atom stereocenters. The Bertz CT molecular complexity index is 318. The Morgan fingerprint density at radius 2 is 2.14 bits per heavy atom. The van der Waals surface area contributed by atoms with Gasteiger partial charge in [-0.1, -0.05) is 15.9 Å². The maximum Gasteiger partial charge on any atom is 0.255 e. The molecule has 1 aromatic rings. The van der Waals surface area contributed by atoms with Crippen molar-refractivity contribution in [2.24, 2.45) is 0 Å². The normalized spacial score (nSPS) is 10.6. The minimum atomic E-state index is -2.36. The fourth-order valence-corrected chi connectivity index (χ4v) is 1.56. The molecule has 14 heavy (non-hydrogen) atoms. The van der Waals surface area contributed by atoms with Gasteiger partial charge in [-0.2, -0.15) is 0 Å². The van der Waals surface area contributed by atoms with E-state index < -0.39 is 6.43 Å². The third-order valence-electron chi connectivity index (χ3n) is 1.81. The number of hydrogen-bond donors (Lipinski definition) is 1. The van der Waals surface area contributed by atoms with Crippen molar-refractivity contribution in [2.45, 2.75) is 6.43 Å². The highest BCUT2D eigenvalue weighted by Gasteiger charge is 2.10. The monoisotopic (exact) mass is 264 g/mol. The van der Waals surface area contributed by atoms with Crippen LogP contribution >= 0.6 is 15.9 Å². The largest absolute Gasteiger partial charge is 0.397 e. The first-order chi connectivity index (χ1) is 6.50. The van der Waals surface area contributed by atoms with Crippen LogP contribution in [0.3, 0.4) is 0 Å². The summed E-state index contributed by atoms with van der Waals surface area (Å²) in [6.45, 7) is -0.314. The average Bonchev–Trinajstić information content (AvgIpc) is 2.01. The van der Waals surface area contributed by atoms with Crippen molar-refractivity contribution in [2.75, 3.05) is 24.2 Å². The summed E-state index contributed by atoms with van der Waals surface area (Å²) in [7, 11) is 1.59. The Kier molecular flexibility index (Phi) is 3.69. The van der Waals surface area contributed by atoms with Crippen LogP contribution in [0.4, 0.5) is 20.2 Å². The molecule has 0 aromatic heterocycles. The smallest absolute Gasteiger partial charge is 0.255 e. The van der Waals surface area contributed by atoms with Gasteiger partial charge in [0.15, 0.2) is 0 Å². The molecule has 0 fully saturated rings. The highest BCUT2D eigenvalue weighted by molar-refractivity contribution is 9.10. The molecule has 2 nitrogen and oxygen atoms in total. The van der Waals surface area contributed by atoms with Gasteiger partial charge in [-0.3, -0.25) is 0 Å². The van der Waals surface area contributed by atoms with E-state index in [4.69, 9.17) is 5.73 Å². The third kappa shape index (κ3) is 2.83. The van der Waals surface area contributed by atoms with Crippen molar-refractivity contribution in [3.8, 4) is 0 Å². The number of rotatable bonds is 3. The highest BCUT2D eigenvalue weighted by Crippen LogP contribution is 2.26. The van der Waals surface area contributed by atoms with Gasteiger partial charge >= 0.3 is 0 Å². The molecule has 0 unspecified atom stereocenters. The first-order valence-electron chi connectivity index (χ1n) is 4.05. The van der Waals surface area contributed by atoms with Crippen molar-refractivity contribution in [3.05, 3.63) is 22.7 Å². The number of nitrogens with zero attached hydrogens (tertiary/aromatic N) is 1. The van der Waals surface area contributed by atoms with Crippen LogP contribution in [-0.4, -0.2) is 20.0 Å². The van der Waals surface area contributed by atoms with Crippen LogP contribution in [0, 0.1) is 0 Å². The lowest BCUT2D eigenvalue weighted by atomic mass is 10.2. The molecular formula is C9H11BrF2N2. The van der Waals surface area contributed by atoms with Crippen LogP contribution < -0.4 is 10.6 Å². The van der Waals surface area contributed by atoms with E-state index in [1.165, 1.54) is 4.90 Å². The van der Waals surface area contributed by atoms with Crippen molar-refractivity contribution in [1.29, 1.82) is 0 Å². The molecule has 0 saturated heterocycles. The van der Waals surface area contributed by atoms with Crippen LogP contribution in [0.2, 0.25) is 0 Å². The number of halogens is 3. The summed E-state index contributed by atoms with van der Waals surface area (Å²) >= 11 is 3.25. The number of nitrogen functional groups attached to an aromatic ring is 1. The van der Waals surface area contributed by atoms with E-state index in [1.807, 2.05) is 0 Å². The molecule has 0 amide bonds. The van der Waals surface area contributed by atoms with Gasteiger partial charge in [0.2, 0.25) is 0 Å². The SMILES string of the molecule is CN(CC(F)F)c1ccc(Br)cc1N. The standard InChI is InChI=1S/C9H11BrF2N2/c1-14(5-9(11)12)8-3-2-6(10)4-7(8)13/h2-4,9H,5,13H2,1H3. The zero-order valence-electron chi connectivity index (χ0n) is 7.67. The zero-order chi connectivity index (χ0) is 10.7. The Morgan fingerprint density at radius 3 is 2.64 bits per heavy atom. The summed E-state index contributed by atoms with van der Waals surface area (Å²) < 4.78 is 25.0. The van der Waals surface area contributed by atoms with Crippen molar-refractivity contribution >= 4 is 27.3 Å². The summed E-state index contributed by atoms with van der Waals surface area (Å²) in [6.07, 6.45) is -2.36. The summed E-state index contributed by atoms with van der Waals surface area (Å²) in [5.74, 6) is 0. The number of benzene rings is 1. The van der Waals surface area contributed by atoms with Crippen molar-refractivity contribution in [1.82, 2.24) is 0 Å². The first kappa shape index (κ1) is 11.2. The Labute approximate surface area is 89.8 Å². The fourth-order valence-electron chi connectivity index (χ4n) is 1.18. The molecule has 78 valence electrons. The lowest BCUT2D eigenvalue weighted by Crippen LogP contribution is -2.24. The van der Waals surface area contributed by atoms with Crippen LogP contribution in [0.15, 0.2) is 22.7 Å². The van der Waals surface area contributed by atoms with Gasteiger partial charge in [0.25, 0.3) is 6.43 Å². The fraction of sp³-hybridized carbons (Fsp3) is 0.333. The number of hydrogen-bond acceptors (Lipinski definition) is 2. The number of alkyl halides is 2. The molecule has 0 aliphatic rings. The first-order valence-corrected chi connectivity index (χ1v) is 4.84. The second-order valence-corrected chi connectivity index (χ2v) is 3.89. The molecule has 0 spiro atoms. The van der Waals surface area contributed by atoms with Gasteiger partial charge in [-0.05, 0) is 18.2 Å². The molecule has 5 heteroatoms. The quantitative estimate of drug-likeness (QED) is 0.851. The summed E-state index contributed by atoms with van der Waals surface area (Å²) in [5, 5.41) is 0. The maximum absolute atomic E-state index is 12.1. The van der Waals surface area contributed by atoms with Crippen LogP contribution in [0.1, 0.15) is 0 Å². The third-order valence-corrected chi connectivity index (χ3v) is 2.31. The molecule has 0 heterocycles. The topological polar surface area (TPSA) is 29.3 Å². The lowest BCUT2D eigenvalue weighted by Gasteiger charge is -2.20. The molecule has 0 aliphatic carbocycles. The van der Waals surface area contributed by atoms with Crippen LogP contribution in [-0.2, 0) is 0 Å². The molecule has 1 aromatic carbocycles. The van der Waals surface area contributed by atoms with Gasteiger partial charge in [0.05, 0.1) is 17.9 Å². The lowest BCUT2D eigenvalue weighted by molar-refractivity contribution is 0.156. The van der Waals surface area contributed by atoms with E-state index >= 15 is 0 Å². The Morgan fingerprint density at radius 1 is 1.50 bits per heavy atom. The van der Waals surface area contributed by atoms with Crippen LogP contribution in [0.5, 0.6) is 0 Å². The van der Waals surface area contributed by atoms with Crippen molar-refractivity contribution in [3.63, 3.8) is 0 Å². The molecular weight excluding hydrogens is 254 g/mol. The van der Waals surface area contributed by atoms with E-state index in [-0.39, 0.29) is 6.54 Å².